The molecule has 5 heteroatoms. The highest BCUT2D eigenvalue weighted by atomic mass is 19.4. The van der Waals surface area contributed by atoms with Gasteiger partial charge in [0.1, 0.15) is 0 Å². The van der Waals surface area contributed by atoms with Crippen LogP contribution in [-0.4, -0.2) is 22.2 Å². The summed E-state index contributed by atoms with van der Waals surface area (Å²) < 4.78 is 35.4. The van der Waals surface area contributed by atoms with Crippen molar-refractivity contribution in [3.8, 4) is 0 Å². The van der Waals surface area contributed by atoms with Gasteiger partial charge >= 0.3 is 6.18 Å². The lowest BCUT2D eigenvalue weighted by Crippen LogP contribution is -2.53. The third kappa shape index (κ3) is 1.35. The topological polar surface area (TPSA) is 40.5 Å². The Bertz CT molecular complexity index is 148. The maximum absolute atomic E-state index is 11.8. The number of aliphatic hydroxyl groups is 2. The van der Waals surface area contributed by atoms with Crippen molar-refractivity contribution in [1.82, 2.24) is 0 Å². The number of alkyl halides is 3. The third-order valence-corrected chi connectivity index (χ3v) is 2.09. The highest BCUT2D eigenvalue weighted by molar-refractivity contribution is 4.87. The van der Waals surface area contributed by atoms with Crippen molar-refractivity contribution in [3.63, 3.8) is 0 Å². The smallest absolute Gasteiger partial charge is 0.358 e. The molecule has 0 unspecified atom stereocenters. The Morgan fingerprint density at radius 1 is 1.09 bits per heavy atom. The van der Waals surface area contributed by atoms with Crippen molar-refractivity contribution < 1.29 is 23.4 Å². The molecule has 0 heterocycles. The van der Waals surface area contributed by atoms with Gasteiger partial charge in [0, 0.05) is 5.92 Å². The van der Waals surface area contributed by atoms with E-state index in [2.05, 4.69) is 0 Å². The summed E-state index contributed by atoms with van der Waals surface area (Å²) in [5.74, 6) is -4.49. The fourth-order valence-electron chi connectivity index (χ4n) is 1.04. The quantitative estimate of drug-likeness (QED) is 0.577. The van der Waals surface area contributed by atoms with Crippen LogP contribution < -0.4 is 0 Å². The first-order chi connectivity index (χ1) is 4.86. The second-order valence-corrected chi connectivity index (χ2v) is 2.85. The van der Waals surface area contributed by atoms with E-state index in [1.165, 1.54) is 0 Å². The van der Waals surface area contributed by atoms with Gasteiger partial charge in [-0.25, -0.2) is 0 Å². The minimum absolute atomic E-state index is 0.243. The molecule has 1 rings (SSSR count). The predicted octanol–water partition coefficient (Wildman–Crippen LogP) is 1.03. The molecule has 11 heavy (non-hydrogen) atoms. The second kappa shape index (κ2) is 2.35. The Kier molecular flexibility index (Phi) is 1.88. The monoisotopic (exact) mass is 170 g/mol. The van der Waals surface area contributed by atoms with Gasteiger partial charge in [-0.3, -0.25) is 0 Å². The van der Waals surface area contributed by atoms with Gasteiger partial charge in [0.25, 0.3) is 5.79 Å². The second-order valence-electron chi connectivity index (χ2n) is 2.85. The Morgan fingerprint density at radius 3 is 1.64 bits per heavy atom. The zero-order valence-electron chi connectivity index (χ0n) is 5.73. The molecule has 2 nitrogen and oxygen atoms in total. The zero-order valence-corrected chi connectivity index (χ0v) is 5.73. The van der Waals surface area contributed by atoms with Crippen LogP contribution in [0.1, 0.15) is 19.3 Å². The van der Waals surface area contributed by atoms with Crippen molar-refractivity contribution in [3.05, 3.63) is 0 Å². The van der Waals surface area contributed by atoms with Gasteiger partial charge in [-0.05, 0) is 12.8 Å². The van der Waals surface area contributed by atoms with Crippen molar-refractivity contribution >= 4 is 0 Å². The van der Waals surface area contributed by atoms with Crippen LogP contribution in [0.4, 0.5) is 13.2 Å². The molecular formula is C6H9F3O2. The highest BCUT2D eigenvalue weighted by Crippen LogP contribution is 2.43. The summed E-state index contributed by atoms with van der Waals surface area (Å²) >= 11 is 0. The fraction of sp³-hybridized carbons (Fsp3) is 1.00. The largest absolute Gasteiger partial charge is 0.443 e. The lowest BCUT2D eigenvalue weighted by atomic mass is 9.78. The molecule has 0 aromatic heterocycles. The van der Waals surface area contributed by atoms with Crippen LogP contribution in [0, 0.1) is 5.92 Å². The molecule has 0 bridgehead atoms. The van der Waals surface area contributed by atoms with Gasteiger partial charge in [-0.2, -0.15) is 13.2 Å². The van der Waals surface area contributed by atoms with Crippen molar-refractivity contribution in [2.45, 2.75) is 31.2 Å². The molecule has 0 atom stereocenters. The van der Waals surface area contributed by atoms with E-state index in [0.29, 0.717) is 6.42 Å². The SMILES string of the molecule is OC(O)(C1CCC1)C(F)(F)F. The summed E-state index contributed by atoms with van der Waals surface area (Å²) in [5, 5.41) is 17.2. The molecule has 0 saturated heterocycles. The van der Waals surface area contributed by atoms with Crippen LogP contribution in [0.3, 0.4) is 0 Å². The van der Waals surface area contributed by atoms with E-state index in [9.17, 15) is 13.2 Å². The molecule has 1 aliphatic rings. The summed E-state index contributed by atoms with van der Waals surface area (Å²) in [5.41, 5.74) is 0. The average molecular weight is 170 g/mol. The first-order valence-corrected chi connectivity index (χ1v) is 3.37. The Morgan fingerprint density at radius 2 is 1.55 bits per heavy atom. The fourth-order valence-corrected chi connectivity index (χ4v) is 1.04. The van der Waals surface area contributed by atoms with Crippen LogP contribution in [0.15, 0.2) is 0 Å². The summed E-state index contributed by atoms with van der Waals surface area (Å²) in [4.78, 5) is 0. The molecule has 66 valence electrons. The molecule has 1 aliphatic carbocycles. The molecule has 1 saturated carbocycles. The van der Waals surface area contributed by atoms with Gasteiger partial charge in [-0.1, -0.05) is 6.42 Å². The third-order valence-electron chi connectivity index (χ3n) is 2.09. The van der Waals surface area contributed by atoms with Gasteiger partial charge in [0.2, 0.25) is 0 Å². The molecule has 0 amide bonds. The Labute approximate surface area is 61.6 Å². The molecule has 0 aromatic rings. The Balaban J connectivity index is 2.64. The van der Waals surface area contributed by atoms with Crippen molar-refractivity contribution in [2.75, 3.05) is 0 Å². The van der Waals surface area contributed by atoms with E-state index in [-0.39, 0.29) is 12.8 Å². The van der Waals surface area contributed by atoms with Crippen LogP contribution >= 0.6 is 0 Å². The zero-order chi connectivity index (χ0) is 8.70. The standard InChI is InChI=1S/C6H9F3O2/c7-6(8,9)5(10,11)4-2-1-3-4/h4,10-11H,1-3H2. The summed E-state index contributed by atoms with van der Waals surface area (Å²) in [6.45, 7) is 0. The van der Waals surface area contributed by atoms with Gasteiger partial charge < -0.3 is 10.2 Å². The average Bonchev–Trinajstić information content (AvgIpc) is 1.53. The summed E-state index contributed by atoms with van der Waals surface area (Å²) in [6.07, 6.45) is -3.79. The van der Waals surface area contributed by atoms with Gasteiger partial charge in [0.15, 0.2) is 0 Å². The maximum atomic E-state index is 11.8. The minimum atomic E-state index is -4.92. The molecule has 0 radical (unpaired) electrons. The van der Waals surface area contributed by atoms with Crippen LogP contribution in [-0.2, 0) is 0 Å². The molecular weight excluding hydrogens is 161 g/mol. The minimum Gasteiger partial charge on any atom is -0.358 e. The Hall–Kier alpha value is -0.290. The van der Waals surface area contributed by atoms with Crippen LogP contribution in [0.5, 0.6) is 0 Å². The van der Waals surface area contributed by atoms with E-state index in [4.69, 9.17) is 10.2 Å². The highest BCUT2D eigenvalue weighted by Gasteiger charge is 2.58. The maximum Gasteiger partial charge on any atom is 0.443 e. The van der Waals surface area contributed by atoms with E-state index in [1.807, 2.05) is 0 Å². The molecule has 0 aliphatic heterocycles. The van der Waals surface area contributed by atoms with Crippen LogP contribution in [0.25, 0.3) is 0 Å². The molecule has 0 spiro atoms. The van der Waals surface area contributed by atoms with E-state index in [1.54, 1.807) is 0 Å². The number of hydrogen-bond acceptors (Lipinski definition) is 2. The first-order valence-electron chi connectivity index (χ1n) is 3.37. The number of hydrogen-bond donors (Lipinski definition) is 2. The number of halogens is 3. The lowest BCUT2D eigenvalue weighted by molar-refractivity contribution is -0.377. The van der Waals surface area contributed by atoms with E-state index < -0.39 is 17.9 Å². The van der Waals surface area contributed by atoms with E-state index >= 15 is 0 Å². The number of rotatable bonds is 1. The van der Waals surface area contributed by atoms with Gasteiger partial charge in [-0.15, -0.1) is 0 Å². The molecule has 1 fully saturated rings. The summed E-state index contributed by atoms with van der Waals surface area (Å²) in [6, 6.07) is 0. The van der Waals surface area contributed by atoms with Crippen LogP contribution in [0.2, 0.25) is 0 Å². The normalized spacial score (nSPS) is 21.5. The summed E-state index contributed by atoms with van der Waals surface area (Å²) in [7, 11) is 0. The van der Waals surface area contributed by atoms with Crippen molar-refractivity contribution in [1.29, 1.82) is 0 Å². The van der Waals surface area contributed by atoms with E-state index in [0.717, 1.165) is 0 Å². The van der Waals surface area contributed by atoms with Crippen molar-refractivity contribution in [2.24, 2.45) is 5.92 Å². The first kappa shape index (κ1) is 8.80. The molecule has 0 aromatic carbocycles. The lowest BCUT2D eigenvalue weighted by Gasteiger charge is -2.37. The predicted molar refractivity (Wildman–Crippen MR) is 30.6 cm³/mol. The molecule has 2 N–H and O–H groups in total. The van der Waals surface area contributed by atoms with Gasteiger partial charge in [0.05, 0.1) is 0 Å².